The molecule has 0 bridgehead atoms. The molecule has 5 heteroatoms. The predicted octanol–water partition coefficient (Wildman–Crippen LogP) is 2.56. The van der Waals surface area contributed by atoms with Crippen LogP contribution >= 0.6 is 11.8 Å². The number of amides is 1. The largest absolute Gasteiger partial charge is 0.364 e. The van der Waals surface area contributed by atoms with E-state index in [1.165, 1.54) is 15.4 Å². The first-order valence-electron chi connectivity index (χ1n) is 9.69. The molecule has 1 fully saturated rings. The molecule has 3 atom stereocenters. The van der Waals surface area contributed by atoms with E-state index in [1.54, 1.807) is 0 Å². The number of thioether (sulfide) groups is 1. The number of anilines is 1. The molecule has 0 aromatic heterocycles. The lowest BCUT2D eigenvalue weighted by atomic mass is 10.0. The number of morpholine rings is 1. The number of hydrogen-bond donors (Lipinski definition) is 1. The molecule has 0 radical (unpaired) electrons. The van der Waals surface area contributed by atoms with Crippen molar-refractivity contribution < 1.29 is 14.4 Å². The van der Waals surface area contributed by atoms with Gasteiger partial charge in [-0.1, -0.05) is 42.5 Å². The second-order valence-electron chi connectivity index (χ2n) is 7.56. The maximum atomic E-state index is 13.5. The van der Waals surface area contributed by atoms with E-state index >= 15 is 0 Å². The SMILES string of the molecule is C[C@H]1C[NH+](CC(=O)N2c3ccccc3SC[C@@H]2c2ccccc2)C[C@H](C)O1. The maximum absolute atomic E-state index is 13.5. The third-order valence-corrected chi connectivity index (χ3v) is 6.44. The second kappa shape index (κ2) is 8.05. The van der Waals surface area contributed by atoms with Gasteiger partial charge in [0.15, 0.2) is 6.54 Å². The summed E-state index contributed by atoms with van der Waals surface area (Å²) < 4.78 is 5.84. The van der Waals surface area contributed by atoms with E-state index in [0.29, 0.717) is 6.54 Å². The fourth-order valence-corrected chi connectivity index (χ4v) is 5.42. The predicted molar refractivity (Wildman–Crippen MR) is 109 cm³/mol. The molecule has 4 rings (SSSR count). The van der Waals surface area contributed by atoms with Gasteiger partial charge in [0.1, 0.15) is 25.3 Å². The summed E-state index contributed by atoms with van der Waals surface area (Å²) in [5.74, 6) is 1.09. The van der Waals surface area contributed by atoms with Crippen LogP contribution in [0, 0.1) is 0 Å². The molecule has 2 aromatic rings. The Kier molecular flexibility index (Phi) is 5.53. The first-order chi connectivity index (χ1) is 13.1. The number of rotatable bonds is 3. The van der Waals surface area contributed by atoms with Gasteiger partial charge in [-0.3, -0.25) is 9.69 Å². The zero-order valence-electron chi connectivity index (χ0n) is 15.9. The van der Waals surface area contributed by atoms with Crippen LogP contribution in [0.3, 0.4) is 0 Å². The van der Waals surface area contributed by atoms with Crippen LogP contribution in [0.2, 0.25) is 0 Å². The molecule has 2 aliphatic rings. The molecule has 27 heavy (non-hydrogen) atoms. The minimum atomic E-state index is 0.0777. The molecule has 2 aromatic carbocycles. The summed E-state index contributed by atoms with van der Waals surface area (Å²) in [7, 11) is 0. The van der Waals surface area contributed by atoms with Gasteiger partial charge in [-0.15, -0.1) is 11.8 Å². The van der Waals surface area contributed by atoms with Crippen LogP contribution < -0.4 is 9.80 Å². The average molecular weight is 384 g/mol. The lowest BCUT2D eigenvalue weighted by molar-refractivity contribution is -0.907. The number of carbonyl (C=O) groups is 1. The molecule has 1 saturated heterocycles. The van der Waals surface area contributed by atoms with Crippen molar-refractivity contribution in [3.8, 4) is 0 Å². The fraction of sp³-hybridized carbons (Fsp3) is 0.409. The molecule has 0 spiro atoms. The average Bonchev–Trinajstić information content (AvgIpc) is 2.67. The lowest BCUT2D eigenvalue weighted by Crippen LogP contribution is -3.16. The standard InChI is InChI=1S/C22H26N2O2S/c1-16-12-23(13-17(2)26-16)14-22(25)24-19-10-6-7-11-21(19)27-15-20(24)18-8-4-3-5-9-18/h3-11,16-17,20H,12-15H2,1-2H3/p+1/t16-,17-,20+/m0/s1. The van der Waals surface area contributed by atoms with Gasteiger partial charge in [0, 0.05) is 10.6 Å². The van der Waals surface area contributed by atoms with E-state index < -0.39 is 0 Å². The van der Waals surface area contributed by atoms with E-state index in [0.717, 1.165) is 24.5 Å². The van der Waals surface area contributed by atoms with Crippen LogP contribution in [-0.4, -0.2) is 43.5 Å². The van der Waals surface area contributed by atoms with Crippen molar-refractivity contribution in [2.24, 2.45) is 0 Å². The van der Waals surface area contributed by atoms with E-state index in [9.17, 15) is 4.79 Å². The summed E-state index contributed by atoms with van der Waals surface area (Å²) in [4.78, 5) is 18.0. The van der Waals surface area contributed by atoms with Crippen molar-refractivity contribution in [2.75, 3.05) is 30.3 Å². The quantitative estimate of drug-likeness (QED) is 0.885. The fourth-order valence-electron chi connectivity index (χ4n) is 4.25. The van der Waals surface area contributed by atoms with Gasteiger partial charge in [0.05, 0.1) is 11.7 Å². The number of carbonyl (C=O) groups excluding carboxylic acids is 1. The van der Waals surface area contributed by atoms with Gasteiger partial charge in [-0.2, -0.15) is 0 Å². The highest BCUT2D eigenvalue weighted by Gasteiger charge is 2.35. The summed E-state index contributed by atoms with van der Waals surface area (Å²) in [5, 5.41) is 0. The number of para-hydroxylation sites is 1. The molecule has 0 saturated carbocycles. The van der Waals surface area contributed by atoms with Crippen LogP contribution in [0.4, 0.5) is 5.69 Å². The number of nitrogens with zero attached hydrogens (tertiary/aromatic N) is 1. The zero-order chi connectivity index (χ0) is 18.8. The minimum Gasteiger partial charge on any atom is -0.364 e. The van der Waals surface area contributed by atoms with Crippen molar-refractivity contribution in [1.29, 1.82) is 0 Å². The Morgan fingerprint density at radius 1 is 1.07 bits per heavy atom. The number of nitrogens with one attached hydrogen (secondary N) is 1. The Bertz CT molecular complexity index is 788. The van der Waals surface area contributed by atoms with Crippen LogP contribution in [0.15, 0.2) is 59.5 Å². The minimum absolute atomic E-state index is 0.0777. The van der Waals surface area contributed by atoms with Gasteiger partial charge < -0.3 is 9.64 Å². The number of benzene rings is 2. The molecule has 0 unspecified atom stereocenters. The van der Waals surface area contributed by atoms with Crippen LogP contribution in [-0.2, 0) is 9.53 Å². The molecular formula is C22H27N2O2S+. The number of hydrogen-bond acceptors (Lipinski definition) is 3. The number of quaternary nitrogens is 1. The topological polar surface area (TPSA) is 34.0 Å². The molecule has 2 aliphatic heterocycles. The highest BCUT2D eigenvalue weighted by molar-refractivity contribution is 7.99. The third-order valence-electron chi connectivity index (χ3n) is 5.30. The van der Waals surface area contributed by atoms with E-state index in [1.807, 2.05) is 34.9 Å². The van der Waals surface area contributed by atoms with Gasteiger partial charge in [0.25, 0.3) is 5.91 Å². The molecule has 4 nitrogen and oxygen atoms in total. The summed E-state index contributed by atoms with van der Waals surface area (Å²) in [6, 6.07) is 18.7. The number of fused-ring (bicyclic) bond motifs is 1. The van der Waals surface area contributed by atoms with E-state index in [2.05, 4.69) is 50.2 Å². The zero-order valence-corrected chi connectivity index (χ0v) is 16.7. The van der Waals surface area contributed by atoms with E-state index in [-0.39, 0.29) is 24.2 Å². The first-order valence-corrected chi connectivity index (χ1v) is 10.7. The maximum Gasteiger partial charge on any atom is 0.282 e. The second-order valence-corrected chi connectivity index (χ2v) is 8.62. The monoisotopic (exact) mass is 383 g/mol. The molecular weight excluding hydrogens is 356 g/mol. The first kappa shape index (κ1) is 18.5. The Balaban J connectivity index is 1.62. The third kappa shape index (κ3) is 4.05. The van der Waals surface area contributed by atoms with Gasteiger partial charge in [0.2, 0.25) is 0 Å². The van der Waals surface area contributed by atoms with Crippen molar-refractivity contribution in [1.82, 2.24) is 0 Å². The summed E-state index contributed by atoms with van der Waals surface area (Å²) in [5.41, 5.74) is 2.24. The van der Waals surface area contributed by atoms with Crippen molar-refractivity contribution in [2.45, 2.75) is 37.0 Å². The molecule has 1 amide bonds. The Morgan fingerprint density at radius 2 is 1.74 bits per heavy atom. The molecule has 142 valence electrons. The van der Waals surface area contributed by atoms with Gasteiger partial charge >= 0.3 is 0 Å². The smallest absolute Gasteiger partial charge is 0.282 e. The van der Waals surface area contributed by atoms with Gasteiger partial charge in [-0.05, 0) is 31.5 Å². The Morgan fingerprint density at radius 3 is 2.48 bits per heavy atom. The Labute approximate surface area is 165 Å². The normalized spacial score (nSPS) is 27.9. The van der Waals surface area contributed by atoms with Crippen LogP contribution in [0.5, 0.6) is 0 Å². The van der Waals surface area contributed by atoms with Crippen molar-refractivity contribution in [3.05, 3.63) is 60.2 Å². The summed E-state index contributed by atoms with van der Waals surface area (Å²) in [6.45, 7) is 6.48. The van der Waals surface area contributed by atoms with Crippen LogP contribution in [0.1, 0.15) is 25.5 Å². The highest BCUT2D eigenvalue weighted by atomic mass is 32.2. The molecule has 2 heterocycles. The molecule has 0 aliphatic carbocycles. The van der Waals surface area contributed by atoms with Crippen molar-refractivity contribution in [3.63, 3.8) is 0 Å². The highest BCUT2D eigenvalue weighted by Crippen LogP contribution is 2.42. The summed E-state index contributed by atoms with van der Waals surface area (Å²) >= 11 is 1.84. The van der Waals surface area contributed by atoms with E-state index in [4.69, 9.17) is 4.74 Å². The molecule has 1 N–H and O–H groups in total. The number of ether oxygens (including phenoxy) is 1. The van der Waals surface area contributed by atoms with Gasteiger partial charge in [-0.25, -0.2) is 0 Å². The van der Waals surface area contributed by atoms with Crippen molar-refractivity contribution >= 4 is 23.4 Å². The Hall–Kier alpha value is -1.82. The lowest BCUT2D eigenvalue weighted by Gasteiger charge is -2.38. The summed E-state index contributed by atoms with van der Waals surface area (Å²) in [6.07, 6.45) is 0.399. The van der Waals surface area contributed by atoms with Crippen LogP contribution in [0.25, 0.3) is 0 Å².